The summed E-state index contributed by atoms with van der Waals surface area (Å²) in [5.41, 5.74) is 2.47. The third-order valence-electron chi connectivity index (χ3n) is 2.61. The van der Waals surface area contributed by atoms with Crippen LogP contribution < -0.4 is 4.74 Å². The van der Waals surface area contributed by atoms with Gasteiger partial charge in [-0.2, -0.15) is 0 Å². The van der Waals surface area contributed by atoms with Crippen LogP contribution >= 0.6 is 22.6 Å². The highest BCUT2D eigenvalue weighted by Gasteiger charge is 2.16. The van der Waals surface area contributed by atoms with Gasteiger partial charge in [-0.25, -0.2) is 4.79 Å². The van der Waals surface area contributed by atoms with Crippen molar-refractivity contribution in [1.29, 1.82) is 0 Å². The summed E-state index contributed by atoms with van der Waals surface area (Å²) in [6.45, 7) is 0. The first-order valence-electron chi connectivity index (χ1n) is 5.27. The van der Waals surface area contributed by atoms with Crippen molar-refractivity contribution < 1.29 is 14.3 Å². The van der Waals surface area contributed by atoms with E-state index in [0.717, 1.165) is 20.4 Å². The molecule has 1 N–H and O–H groups in total. The summed E-state index contributed by atoms with van der Waals surface area (Å²) in [5.74, 6) is 0.441. The van der Waals surface area contributed by atoms with Gasteiger partial charge in [0.2, 0.25) is 0 Å². The number of ether oxygens (including phenoxy) is 2. The van der Waals surface area contributed by atoms with Gasteiger partial charge in [-0.3, -0.25) is 0 Å². The molecule has 0 aliphatic rings. The standard InChI is InChI=1S/C13H12INO3/c1-17-9-5-3-8(4-6-9)10-7-15-12(11(10)14)13(16)18-2/h3-7,15H,1-2H3. The fraction of sp³-hybridized carbons (Fsp3) is 0.154. The molecule has 4 nitrogen and oxygen atoms in total. The lowest BCUT2D eigenvalue weighted by atomic mass is 10.1. The lowest BCUT2D eigenvalue weighted by Crippen LogP contribution is -2.03. The van der Waals surface area contributed by atoms with Crippen molar-refractivity contribution >= 4 is 28.6 Å². The van der Waals surface area contributed by atoms with E-state index >= 15 is 0 Å². The van der Waals surface area contributed by atoms with Gasteiger partial charge in [0.15, 0.2) is 0 Å². The molecule has 1 heterocycles. The van der Waals surface area contributed by atoms with E-state index in [0.29, 0.717) is 5.69 Å². The second-order valence-electron chi connectivity index (χ2n) is 3.61. The smallest absolute Gasteiger partial charge is 0.355 e. The van der Waals surface area contributed by atoms with Crippen LogP contribution in [0.25, 0.3) is 11.1 Å². The molecule has 0 amide bonds. The summed E-state index contributed by atoms with van der Waals surface area (Å²) in [5, 5.41) is 0. The number of nitrogens with one attached hydrogen (secondary N) is 1. The molecule has 0 atom stereocenters. The zero-order chi connectivity index (χ0) is 13.1. The summed E-state index contributed by atoms with van der Waals surface area (Å²) >= 11 is 2.13. The Labute approximate surface area is 118 Å². The van der Waals surface area contributed by atoms with Crippen LogP contribution in [0.3, 0.4) is 0 Å². The molecular formula is C13H12INO3. The maximum absolute atomic E-state index is 11.5. The lowest BCUT2D eigenvalue weighted by Gasteiger charge is -2.02. The second kappa shape index (κ2) is 5.43. The van der Waals surface area contributed by atoms with Gasteiger partial charge >= 0.3 is 5.97 Å². The van der Waals surface area contributed by atoms with E-state index in [1.54, 1.807) is 13.3 Å². The van der Waals surface area contributed by atoms with Gasteiger partial charge in [0.25, 0.3) is 0 Å². The molecule has 2 rings (SSSR count). The molecule has 1 aromatic heterocycles. The molecule has 0 spiro atoms. The Balaban J connectivity index is 2.39. The summed E-state index contributed by atoms with van der Waals surface area (Å²) in [6.07, 6.45) is 1.80. The van der Waals surface area contributed by atoms with E-state index in [4.69, 9.17) is 9.47 Å². The number of hydrogen-bond donors (Lipinski definition) is 1. The predicted octanol–water partition coefficient (Wildman–Crippen LogP) is 3.08. The van der Waals surface area contributed by atoms with Crippen molar-refractivity contribution in [3.05, 3.63) is 39.7 Å². The zero-order valence-electron chi connectivity index (χ0n) is 9.99. The molecule has 94 valence electrons. The third-order valence-corrected chi connectivity index (χ3v) is 3.73. The van der Waals surface area contributed by atoms with Crippen LogP contribution in [0, 0.1) is 3.57 Å². The molecule has 0 unspecified atom stereocenters. The lowest BCUT2D eigenvalue weighted by molar-refractivity contribution is 0.0593. The van der Waals surface area contributed by atoms with Crippen molar-refractivity contribution in [2.24, 2.45) is 0 Å². The van der Waals surface area contributed by atoms with E-state index in [1.165, 1.54) is 7.11 Å². The van der Waals surface area contributed by atoms with E-state index < -0.39 is 0 Å². The fourth-order valence-corrected chi connectivity index (χ4v) is 2.48. The Morgan fingerprint density at radius 3 is 2.44 bits per heavy atom. The summed E-state index contributed by atoms with van der Waals surface area (Å²) in [7, 11) is 3.00. The largest absolute Gasteiger partial charge is 0.497 e. The molecule has 0 aliphatic carbocycles. The number of rotatable bonds is 3. The Morgan fingerprint density at radius 1 is 1.22 bits per heavy atom. The Kier molecular flexibility index (Phi) is 3.90. The van der Waals surface area contributed by atoms with Crippen molar-refractivity contribution in [3.63, 3.8) is 0 Å². The maximum Gasteiger partial charge on any atom is 0.355 e. The van der Waals surface area contributed by atoms with Crippen molar-refractivity contribution in [3.8, 4) is 16.9 Å². The zero-order valence-corrected chi connectivity index (χ0v) is 12.1. The molecule has 5 heteroatoms. The number of hydrogen-bond acceptors (Lipinski definition) is 3. The normalized spacial score (nSPS) is 10.2. The minimum atomic E-state index is -0.362. The van der Waals surface area contributed by atoms with Crippen molar-refractivity contribution in [2.45, 2.75) is 0 Å². The van der Waals surface area contributed by atoms with Crippen molar-refractivity contribution in [2.75, 3.05) is 14.2 Å². The Hall–Kier alpha value is -1.50. The molecular weight excluding hydrogens is 345 g/mol. The highest BCUT2D eigenvalue weighted by molar-refractivity contribution is 14.1. The third kappa shape index (κ3) is 2.35. The predicted molar refractivity (Wildman–Crippen MR) is 76.8 cm³/mol. The SMILES string of the molecule is COC(=O)c1[nH]cc(-c2ccc(OC)cc2)c1I. The van der Waals surface area contributed by atoms with E-state index in [1.807, 2.05) is 24.3 Å². The van der Waals surface area contributed by atoms with Gasteiger partial charge in [0.1, 0.15) is 11.4 Å². The molecule has 18 heavy (non-hydrogen) atoms. The number of aromatic amines is 1. The average Bonchev–Trinajstić information content (AvgIpc) is 2.80. The molecule has 0 radical (unpaired) electrons. The first-order chi connectivity index (χ1) is 8.67. The summed E-state index contributed by atoms with van der Waals surface area (Å²) < 4.78 is 10.7. The molecule has 0 saturated heterocycles. The number of carbonyl (C=O) groups excluding carboxylic acids is 1. The van der Waals surface area contributed by atoms with Crippen LogP contribution in [0.2, 0.25) is 0 Å². The average molecular weight is 357 g/mol. The van der Waals surface area contributed by atoms with Crippen LogP contribution in [0.5, 0.6) is 5.75 Å². The molecule has 0 saturated carbocycles. The van der Waals surface area contributed by atoms with Gasteiger partial charge in [-0.05, 0) is 40.3 Å². The van der Waals surface area contributed by atoms with Crippen LogP contribution in [0.15, 0.2) is 30.5 Å². The number of H-pyrrole nitrogens is 1. The molecule has 1 aromatic carbocycles. The van der Waals surface area contributed by atoms with Crippen LogP contribution in [-0.4, -0.2) is 25.2 Å². The summed E-state index contributed by atoms with van der Waals surface area (Å²) in [6, 6.07) is 7.67. The minimum Gasteiger partial charge on any atom is -0.497 e. The van der Waals surface area contributed by atoms with Crippen molar-refractivity contribution in [1.82, 2.24) is 4.98 Å². The maximum atomic E-state index is 11.5. The van der Waals surface area contributed by atoms with Crippen LogP contribution in [-0.2, 0) is 4.74 Å². The molecule has 0 aliphatic heterocycles. The van der Waals surface area contributed by atoms with Gasteiger partial charge in [0, 0.05) is 11.8 Å². The monoisotopic (exact) mass is 357 g/mol. The first kappa shape index (κ1) is 12.9. The first-order valence-corrected chi connectivity index (χ1v) is 6.35. The summed E-state index contributed by atoms with van der Waals surface area (Å²) in [4.78, 5) is 14.4. The number of esters is 1. The number of benzene rings is 1. The molecule has 0 bridgehead atoms. The number of carbonyl (C=O) groups is 1. The van der Waals surface area contributed by atoms with Crippen LogP contribution in [0.1, 0.15) is 10.5 Å². The Bertz CT molecular complexity index is 560. The number of methoxy groups -OCH3 is 2. The second-order valence-corrected chi connectivity index (χ2v) is 4.69. The highest BCUT2D eigenvalue weighted by atomic mass is 127. The van der Waals surface area contributed by atoms with Crippen LogP contribution in [0.4, 0.5) is 0 Å². The number of aromatic nitrogens is 1. The molecule has 0 fully saturated rings. The molecule has 2 aromatic rings. The van der Waals surface area contributed by atoms with Gasteiger partial charge in [-0.1, -0.05) is 12.1 Å². The van der Waals surface area contributed by atoms with E-state index in [-0.39, 0.29) is 5.97 Å². The quantitative estimate of drug-likeness (QED) is 0.679. The minimum absolute atomic E-state index is 0.362. The topological polar surface area (TPSA) is 51.3 Å². The highest BCUT2D eigenvalue weighted by Crippen LogP contribution is 2.29. The van der Waals surface area contributed by atoms with E-state index in [9.17, 15) is 4.79 Å². The number of halogens is 1. The Morgan fingerprint density at radius 2 is 1.89 bits per heavy atom. The van der Waals surface area contributed by atoms with Gasteiger partial charge < -0.3 is 14.5 Å². The fourth-order valence-electron chi connectivity index (χ4n) is 1.64. The van der Waals surface area contributed by atoms with Gasteiger partial charge in [0.05, 0.1) is 17.8 Å². The van der Waals surface area contributed by atoms with E-state index in [2.05, 4.69) is 27.6 Å². The van der Waals surface area contributed by atoms with Gasteiger partial charge in [-0.15, -0.1) is 0 Å².